The zero-order valence-electron chi connectivity index (χ0n) is 9.03. The second kappa shape index (κ2) is 5.28. The van der Waals surface area contributed by atoms with Gasteiger partial charge in [0.2, 0.25) is 0 Å². The molecule has 4 nitrogen and oxygen atoms in total. The van der Waals surface area contributed by atoms with E-state index >= 15 is 0 Å². The molecule has 0 saturated heterocycles. The smallest absolute Gasteiger partial charge is 0.182 e. The minimum atomic E-state index is 0.0108. The third-order valence-corrected chi connectivity index (χ3v) is 2.46. The Morgan fingerprint density at radius 3 is 2.93 bits per heavy atom. The summed E-state index contributed by atoms with van der Waals surface area (Å²) >= 11 is 5.90. The summed E-state index contributed by atoms with van der Waals surface area (Å²) in [7, 11) is 0. The first-order valence-electron chi connectivity index (χ1n) is 5.06. The predicted molar refractivity (Wildman–Crippen MR) is 60.1 cm³/mol. The molecule has 1 heterocycles. The van der Waals surface area contributed by atoms with Gasteiger partial charge in [-0.1, -0.05) is 11.6 Å². The molecule has 0 bridgehead atoms. The molecule has 0 aliphatic heterocycles. The number of ketones is 1. The number of Topliss-reactive ketones (excluding diaryl/α,β-unsaturated/α-hetero) is 1. The molecule has 1 aromatic heterocycles. The molecule has 5 heteroatoms. The van der Waals surface area contributed by atoms with Gasteiger partial charge in [0, 0.05) is 19.0 Å². The van der Waals surface area contributed by atoms with Crippen LogP contribution in [-0.2, 0) is 6.54 Å². The summed E-state index contributed by atoms with van der Waals surface area (Å²) < 4.78 is 1.62. The number of halogens is 1. The van der Waals surface area contributed by atoms with Crippen LogP contribution in [-0.4, -0.2) is 21.6 Å². The molecular weight excluding hydrogens is 214 g/mol. The summed E-state index contributed by atoms with van der Waals surface area (Å²) in [6.07, 6.45) is 2.59. The van der Waals surface area contributed by atoms with Gasteiger partial charge in [-0.05, 0) is 20.3 Å². The highest BCUT2D eigenvalue weighted by Crippen LogP contribution is 2.17. The molecule has 0 spiro atoms. The highest BCUT2D eigenvalue weighted by Gasteiger charge is 2.16. The molecule has 0 aliphatic carbocycles. The van der Waals surface area contributed by atoms with Crippen molar-refractivity contribution in [2.24, 2.45) is 5.73 Å². The first kappa shape index (κ1) is 12.2. The van der Waals surface area contributed by atoms with Gasteiger partial charge >= 0.3 is 0 Å². The van der Waals surface area contributed by atoms with Crippen molar-refractivity contribution in [3.05, 3.63) is 16.9 Å². The predicted octanol–water partition coefficient (Wildman–Crippen LogP) is 1.87. The molecule has 84 valence electrons. The van der Waals surface area contributed by atoms with Crippen LogP contribution in [0.15, 0.2) is 6.20 Å². The molecule has 15 heavy (non-hydrogen) atoms. The van der Waals surface area contributed by atoms with Gasteiger partial charge in [0.15, 0.2) is 5.78 Å². The fourth-order valence-corrected chi connectivity index (χ4v) is 1.60. The molecule has 0 saturated carbocycles. The number of aromatic nitrogens is 2. The van der Waals surface area contributed by atoms with E-state index in [1.165, 1.54) is 6.20 Å². The Bertz CT molecular complexity index is 346. The van der Waals surface area contributed by atoms with Gasteiger partial charge in [-0.2, -0.15) is 5.10 Å². The van der Waals surface area contributed by atoms with E-state index in [9.17, 15) is 4.79 Å². The second-order valence-corrected chi connectivity index (χ2v) is 4.00. The number of aryl methyl sites for hydroxylation is 1. The zero-order valence-corrected chi connectivity index (χ0v) is 9.79. The highest BCUT2D eigenvalue weighted by atomic mass is 35.5. The van der Waals surface area contributed by atoms with Crippen LogP contribution in [0, 0.1) is 0 Å². The standard InChI is InChI=1S/C10H16ClN3O/c1-3-14-10(8(11)6-13-14)9(15)5-4-7(2)12/h6-7H,3-5,12H2,1-2H3. The molecule has 1 unspecified atom stereocenters. The van der Waals surface area contributed by atoms with Crippen molar-refractivity contribution >= 4 is 17.4 Å². The van der Waals surface area contributed by atoms with Gasteiger partial charge < -0.3 is 5.73 Å². The molecule has 0 radical (unpaired) electrons. The zero-order chi connectivity index (χ0) is 11.4. The first-order chi connectivity index (χ1) is 7.06. The summed E-state index contributed by atoms with van der Waals surface area (Å²) in [4.78, 5) is 11.8. The molecule has 0 fully saturated rings. The third kappa shape index (κ3) is 3.04. The van der Waals surface area contributed by atoms with Crippen LogP contribution in [0.2, 0.25) is 5.02 Å². The van der Waals surface area contributed by atoms with Gasteiger partial charge in [0.1, 0.15) is 5.69 Å². The highest BCUT2D eigenvalue weighted by molar-refractivity contribution is 6.33. The molecule has 0 amide bonds. The minimum Gasteiger partial charge on any atom is -0.328 e. The maximum Gasteiger partial charge on any atom is 0.182 e. The Labute approximate surface area is 94.4 Å². The lowest BCUT2D eigenvalue weighted by molar-refractivity contribution is 0.0968. The van der Waals surface area contributed by atoms with Crippen LogP contribution >= 0.6 is 11.6 Å². The molecular formula is C10H16ClN3O. The normalized spacial score (nSPS) is 12.8. The van der Waals surface area contributed by atoms with E-state index in [1.54, 1.807) is 4.68 Å². The van der Waals surface area contributed by atoms with Crippen molar-refractivity contribution in [2.45, 2.75) is 39.3 Å². The van der Waals surface area contributed by atoms with Gasteiger partial charge in [-0.15, -0.1) is 0 Å². The molecule has 0 aromatic carbocycles. The third-order valence-electron chi connectivity index (χ3n) is 2.19. The number of hydrogen-bond donors (Lipinski definition) is 1. The lowest BCUT2D eigenvalue weighted by atomic mass is 10.1. The van der Waals surface area contributed by atoms with Gasteiger partial charge in [-0.3, -0.25) is 9.48 Å². The fourth-order valence-electron chi connectivity index (χ4n) is 1.36. The van der Waals surface area contributed by atoms with Crippen molar-refractivity contribution in [3.63, 3.8) is 0 Å². The van der Waals surface area contributed by atoms with Gasteiger partial charge in [-0.25, -0.2) is 0 Å². The van der Waals surface area contributed by atoms with Crippen molar-refractivity contribution in [2.75, 3.05) is 0 Å². The van der Waals surface area contributed by atoms with E-state index in [1.807, 2.05) is 13.8 Å². The number of carbonyl (C=O) groups is 1. The number of rotatable bonds is 5. The first-order valence-corrected chi connectivity index (χ1v) is 5.44. The summed E-state index contributed by atoms with van der Waals surface area (Å²) in [5.41, 5.74) is 6.09. The summed E-state index contributed by atoms with van der Waals surface area (Å²) in [6, 6.07) is 0.0331. The summed E-state index contributed by atoms with van der Waals surface area (Å²) in [6.45, 7) is 4.45. The van der Waals surface area contributed by atoms with Crippen LogP contribution in [0.25, 0.3) is 0 Å². The van der Waals surface area contributed by atoms with Crippen LogP contribution in [0.5, 0.6) is 0 Å². The Kier molecular flexibility index (Phi) is 4.29. The number of hydrogen-bond acceptors (Lipinski definition) is 3. The van der Waals surface area contributed by atoms with E-state index in [-0.39, 0.29) is 11.8 Å². The van der Waals surface area contributed by atoms with Crippen molar-refractivity contribution in [1.82, 2.24) is 9.78 Å². The largest absolute Gasteiger partial charge is 0.328 e. The van der Waals surface area contributed by atoms with E-state index < -0.39 is 0 Å². The Balaban J connectivity index is 2.76. The second-order valence-electron chi connectivity index (χ2n) is 3.60. The van der Waals surface area contributed by atoms with E-state index in [2.05, 4.69) is 5.10 Å². The SMILES string of the molecule is CCn1ncc(Cl)c1C(=O)CCC(C)N. The number of nitrogens with two attached hydrogens (primary N) is 1. The van der Waals surface area contributed by atoms with E-state index in [4.69, 9.17) is 17.3 Å². The minimum absolute atomic E-state index is 0.0108. The molecule has 1 aromatic rings. The van der Waals surface area contributed by atoms with Crippen LogP contribution in [0.3, 0.4) is 0 Å². The average Bonchev–Trinajstić information content (AvgIpc) is 2.56. The van der Waals surface area contributed by atoms with Crippen molar-refractivity contribution < 1.29 is 4.79 Å². The molecule has 1 atom stereocenters. The monoisotopic (exact) mass is 229 g/mol. The van der Waals surface area contributed by atoms with E-state index in [0.29, 0.717) is 30.1 Å². The maximum atomic E-state index is 11.8. The molecule has 0 aliphatic rings. The summed E-state index contributed by atoms with van der Waals surface area (Å²) in [5.74, 6) is 0.0108. The maximum absolute atomic E-state index is 11.8. The Hall–Kier alpha value is -0.870. The lowest BCUT2D eigenvalue weighted by Crippen LogP contribution is -2.18. The molecule has 2 N–H and O–H groups in total. The Morgan fingerprint density at radius 2 is 2.40 bits per heavy atom. The van der Waals surface area contributed by atoms with E-state index in [0.717, 1.165) is 0 Å². The van der Waals surface area contributed by atoms with Crippen LogP contribution in [0.1, 0.15) is 37.2 Å². The van der Waals surface area contributed by atoms with Gasteiger partial charge in [0.05, 0.1) is 11.2 Å². The van der Waals surface area contributed by atoms with Gasteiger partial charge in [0.25, 0.3) is 0 Å². The van der Waals surface area contributed by atoms with Crippen LogP contribution in [0.4, 0.5) is 0 Å². The summed E-state index contributed by atoms with van der Waals surface area (Å²) in [5, 5.41) is 4.44. The number of carbonyl (C=O) groups excluding carboxylic acids is 1. The topological polar surface area (TPSA) is 60.9 Å². The van der Waals surface area contributed by atoms with Crippen LogP contribution < -0.4 is 5.73 Å². The lowest BCUT2D eigenvalue weighted by Gasteiger charge is -2.06. The van der Waals surface area contributed by atoms with Crippen molar-refractivity contribution in [1.29, 1.82) is 0 Å². The fraction of sp³-hybridized carbons (Fsp3) is 0.600. The molecule has 1 rings (SSSR count). The number of nitrogens with zero attached hydrogens (tertiary/aromatic N) is 2. The van der Waals surface area contributed by atoms with Crippen molar-refractivity contribution in [3.8, 4) is 0 Å². The quantitative estimate of drug-likeness (QED) is 0.785. The average molecular weight is 230 g/mol. The Morgan fingerprint density at radius 1 is 1.73 bits per heavy atom.